The molecule has 34 heavy (non-hydrogen) atoms. The van der Waals surface area contributed by atoms with Gasteiger partial charge in [0, 0.05) is 6.20 Å². The van der Waals surface area contributed by atoms with Crippen LogP contribution in [-0.2, 0) is 17.1 Å². The minimum absolute atomic E-state index is 0.160. The van der Waals surface area contributed by atoms with Gasteiger partial charge in [-0.3, -0.25) is 19.4 Å². The molecule has 184 valence electrons. The number of fused-ring (bicyclic) bond motifs is 2. The van der Waals surface area contributed by atoms with E-state index in [1.807, 2.05) is 13.8 Å². The van der Waals surface area contributed by atoms with E-state index in [1.165, 1.54) is 18.3 Å². The summed E-state index contributed by atoms with van der Waals surface area (Å²) < 4.78 is 81.4. The van der Waals surface area contributed by atoms with Crippen LogP contribution in [0.25, 0.3) is 0 Å². The molecule has 1 aromatic heterocycles. The fourth-order valence-corrected chi connectivity index (χ4v) is 3.82. The van der Waals surface area contributed by atoms with Gasteiger partial charge in [0.15, 0.2) is 5.82 Å². The first-order valence-electron chi connectivity index (χ1n) is 10.5. The number of alkyl halides is 6. The Morgan fingerprint density at radius 1 is 1.03 bits per heavy atom. The Morgan fingerprint density at radius 3 is 2.18 bits per heavy atom. The highest BCUT2D eigenvalue weighted by Gasteiger charge is 2.45. The monoisotopic (exact) mass is 488 g/mol. The predicted octanol–water partition coefficient (Wildman–Crippen LogP) is 5.47. The topological polar surface area (TPSA) is 65.5 Å². The molecule has 6 nitrogen and oxygen atoms in total. The maximum Gasteiger partial charge on any atom is 0.417 e. The molecule has 0 fully saturated rings. The molecule has 2 amide bonds. The lowest BCUT2D eigenvalue weighted by molar-refractivity contribution is -0.162. The maximum absolute atomic E-state index is 13.6. The highest BCUT2D eigenvalue weighted by atomic mass is 19.4. The number of nitrogens with zero attached hydrogens (tertiary/aromatic N) is 3. The van der Waals surface area contributed by atoms with Crippen LogP contribution < -0.4 is 10.2 Å². The van der Waals surface area contributed by atoms with Gasteiger partial charge in [0.2, 0.25) is 5.91 Å². The molecule has 0 atom stereocenters. The number of nitrogens with one attached hydrogen (secondary N) is 1. The first-order valence-corrected chi connectivity index (χ1v) is 10.5. The Labute approximate surface area is 191 Å². The Hall–Kier alpha value is -3.15. The van der Waals surface area contributed by atoms with Crippen LogP contribution >= 0.6 is 0 Å². The zero-order chi connectivity index (χ0) is 25.3. The van der Waals surface area contributed by atoms with Crippen molar-refractivity contribution in [1.29, 1.82) is 0 Å². The van der Waals surface area contributed by atoms with Gasteiger partial charge in [0.1, 0.15) is 0 Å². The average molecular weight is 488 g/mol. The SMILES string of the molecule is CCCN(CCC)CC(=O)N1c2cc(C(F)(F)F)c(C(F)(F)F)cc2NC(=O)c2cccnc21. The number of rotatable bonds is 6. The van der Waals surface area contributed by atoms with Gasteiger partial charge < -0.3 is 5.32 Å². The van der Waals surface area contributed by atoms with Crippen molar-refractivity contribution in [2.24, 2.45) is 0 Å². The van der Waals surface area contributed by atoms with E-state index < -0.39 is 46.7 Å². The van der Waals surface area contributed by atoms with E-state index in [4.69, 9.17) is 0 Å². The van der Waals surface area contributed by atoms with Crippen molar-refractivity contribution >= 4 is 29.0 Å². The maximum atomic E-state index is 13.6. The molecule has 0 spiro atoms. The number of carbonyl (C=O) groups excluding carboxylic acids is 2. The van der Waals surface area contributed by atoms with E-state index in [9.17, 15) is 35.9 Å². The summed E-state index contributed by atoms with van der Waals surface area (Å²) in [6.45, 7) is 4.60. The zero-order valence-corrected chi connectivity index (χ0v) is 18.3. The summed E-state index contributed by atoms with van der Waals surface area (Å²) in [4.78, 5) is 32.7. The number of amides is 2. The van der Waals surface area contributed by atoms with E-state index in [-0.39, 0.29) is 30.1 Å². The first-order chi connectivity index (χ1) is 15.9. The lowest BCUT2D eigenvalue weighted by atomic mass is 10.0. The van der Waals surface area contributed by atoms with E-state index in [1.54, 1.807) is 4.90 Å². The minimum atomic E-state index is -5.37. The highest BCUT2D eigenvalue weighted by Crippen LogP contribution is 2.47. The van der Waals surface area contributed by atoms with Crippen LogP contribution in [0, 0.1) is 0 Å². The van der Waals surface area contributed by atoms with Crippen LogP contribution in [0.15, 0.2) is 30.5 Å². The number of halogens is 6. The third-order valence-electron chi connectivity index (χ3n) is 5.17. The summed E-state index contributed by atoms with van der Waals surface area (Å²) in [5, 5.41) is 2.20. The molecule has 0 aliphatic carbocycles. The predicted molar refractivity (Wildman–Crippen MR) is 113 cm³/mol. The lowest BCUT2D eigenvalue weighted by Crippen LogP contribution is -2.39. The second-order valence-corrected chi connectivity index (χ2v) is 7.74. The number of benzene rings is 1. The second-order valence-electron chi connectivity index (χ2n) is 7.74. The van der Waals surface area contributed by atoms with E-state index in [0.29, 0.717) is 25.9 Å². The van der Waals surface area contributed by atoms with Gasteiger partial charge in [0.05, 0.1) is 34.6 Å². The molecule has 0 radical (unpaired) electrons. The van der Waals surface area contributed by atoms with Crippen molar-refractivity contribution in [3.8, 4) is 0 Å². The molecule has 1 N–H and O–H groups in total. The number of carbonyl (C=O) groups is 2. The summed E-state index contributed by atoms with van der Waals surface area (Å²) in [6.07, 6.45) is -8.08. The van der Waals surface area contributed by atoms with E-state index in [2.05, 4.69) is 10.3 Å². The molecule has 1 aliphatic heterocycles. The summed E-state index contributed by atoms with van der Waals surface area (Å²) >= 11 is 0. The molecule has 0 bridgehead atoms. The van der Waals surface area contributed by atoms with Gasteiger partial charge in [-0.05, 0) is 50.2 Å². The summed E-state index contributed by atoms with van der Waals surface area (Å²) in [5.41, 5.74) is -5.21. The van der Waals surface area contributed by atoms with Gasteiger partial charge in [-0.25, -0.2) is 4.98 Å². The average Bonchev–Trinajstić information content (AvgIpc) is 2.85. The van der Waals surface area contributed by atoms with Crippen LogP contribution in [0.2, 0.25) is 0 Å². The minimum Gasteiger partial charge on any atom is -0.320 e. The Bertz CT molecular complexity index is 1080. The number of hydrogen-bond donors (Lipinski definition) is 1. The van der Waals surface area contributed by atoms with E-state index >= 15 is 0 Å². The molecule has 3 rings (SSSR count). The summed E-state index contributed by atoms with van der Waals surface area (Å²) in [7, 11) is 0. The van der Waals surface area contributed by atoms with Gasteiger partial charge in [0.25, 0.3) is 5.91 Å². The van der Waals surface area contributed by atoms with Crippen molar-refractivity contribution in [2.45, 2.75) is 39.0 Å². The van der Waals surface area contributed by atoms with Crippen LogP contribution in [0.5, 0.6) is 0 Å². The van der Waals surface area contributed by atoms with Crippen molar-refractivity contribution in [3.63, 3.8) is 0 Å². The normalized spacial score (nSPS) is 13.9. The standard InChI is InChI=1S/C22H22F6N4O2/c1-3-8-31(9-4-2)12-18(33)32-17-11-15(22(26,27)28)14(21(23,24)25)10-16(17)30-20(34)13-6-5-7-29-19(13)32/h5-7,10-11H,3-4,8-9,12H2,1-2H3,(H,30,34). The van der Waals surface area contributed by atoms with Crippen molar-refractivity contribution in [1.82, 2.24) is 9.88 Å². The van der Waals surface area contributed by atoms with Crippen molar-refractivity contribution in [3.05, 3.63) is 47.2 Å². The van der Waals surface area contributed by atoms with Crippen LogP contribution in [-0.4, -0.2) is 41.3 Å². The molecular weight excluding hydrogens is 466 g/mol. The smallest absolute Gasteiger partial charge is 0.320 e. The van der Waals surface area contributed by atoms with Gasteiger partial charge in [-0.15, -0.1) is 0 Å². The van der Waals surface area contributed by atoms with Crippen LogP contribution in [0.3, 0.4) is 0 Å². The molecule has 2 aromatic rings. The number of hydrogen-bond acceptors (Lipinski definition) is 4. The fraction of sp³-hybridized carbons (Fsp3) is 0.409. The summed E-state index contributed by atoms with van der Waals surface area (Å²) in [5.74, 6) is -1.89. The molecular formula is C22H22F6N4O2. The lowest BCUT2D eigenvalue weighted by Gasteiger charge is -2.28. The molecule has 0 saturated carbocycles. The quantitative estimate of drug-likeness (QED) is 0.548. The molecule has 12 heteroatoms. The van der Waals surface area contributed by atoms with Crippen molar-refractivity contribution in [2.75, 3.05) is 29.9 Å². The first kappa shape index (κ1) is 25.5. The Morgan fingerprint density at radius 2 is 1.62 bits per heavy atom. The number of aromatic nitrogens is 1. The van der Waals surface area contributed by atoms with Crippen molar-refractivity contribution < 1.29 is 35.9 Å². The second kappa shape index (κ2) is 9.61. The van der Waals surface area contributed by atoms with Gasteiger partial charge in [-0.2, -0.15) is 26.3 Å². The fourth-order valence-electron chi connectivity index (χ4n) is 3.82. The molecule has 0 unspecified atom stereocenters. The van der Waals surface area contributed by atoms with Crippen LogP contribution in [0.4, 0.5) is 43.5 Å². The third-order valence-corrected chi connectivity index (χ3v) is 5.17. The molecule has 2 heterocycles. The summed E-state index contributed by atoms with van der Waals surface area (Å²) in [6, 6.07) is 3.11. The van der Waals surface area contributed by atoms with Gasteiger partial charge >= 0.3 is 12.4 Å². The Kier molecular flexibility index (Phi) is 7.20. The largest absolute Gasteiger partial charge is 0.417 e. The van der Waals surface area contributed by atoms with Gasteiger partial charge in [-0.1, -0.05) is 13.8 Å². The Balaban J connectivity index is 2.26. The molecule has 1 aromatic carbocycles. The number of pyridine rings is 1. The third kappa shape index (κ3) is 5.16. The highest BCUT2D eigenvalue weighted by molar-refractivity contribution is 6.17. The number of anilines is 3. The van der Waals surface area contributed by atoms with Crippen LogP contribution in [0.1, 0.15) is 48.2 Å². The van der Waals surface area contributed by atoms with E-state index in [0.717, 1.165) is 4.90 Å². The molecule has 0 saturated heterocycles. The zero-order valence-electron chi connectivity index (χ0n) is 18.3. The molecule has 1 aliphatic rings.